The minimum absolute atomic E-state index is 0.136. The van der Waals surface area contributed by atoms with Gasteiger partial charge in [0.15, 0.2) is 0 Å². The summed E-state index contributed by atoms with van der Waals surface area (Å²) in [4.78, 5) is 28.3. The van der Waals surface area contributed by atoms with Gasteiger partial charge in [-0.15, -0.1) is 11.3 Å². The van der Waals surface area contributed by atoms with Gasteiger partial charge in [0.1, 0.15) is 11.5 Å². The van der Waals surface area contributed by atoms with Crippen molar-refractivity contribution in [2.45, 2.75) is 39.2 Å². The third-order valence-corrected chi connectivity index (χ3v) is 6.13. The SMILES string of the molecule is CCCCCN1C(=O)C(=O)/C(=C(/O)c2ccccc2OC)C1c1sccc1C. The Bertz CT molecular complexity index is 915. The molecule has 0 bridgehead atoms. The zero-order valence-electron chi connectivity index (χ0n) is 16.4. The molecule has 1 saturated heterocycles. The maximum absolute atomic E-state index is 12.9. The van der Waals surface area contributed by atoms with Gasteiger partial charge in [0.2, 0.25) is 0 Å². The molecule has 3 rings (SSSR count). The number of methoxy groups -OCH3 is 1. The van der Waals surface area contributed by atoms with Gasteiger partial charge in [-0.2, -0.15) is 0 Å². The Morgan fingerprint density at radius 2 is 1.96 bits per heavy atom. The maximum atomic E-state index is 12.9. The highest BCUT2D eigenvalue weighted by molar-refractivity contribution is 7.10. The van der Waals surface area contributed by atoms with Gasteiger partial charge in [0, 0.05) is 11.4 Å². The summed E-state index contributed by atoms with van der Waals surface area (Å²) in [5, 5.41) is 13.0. The molecule has 1 aromatic heterocycles. The number of nitrogens with zero attached hydrogens (tertiary/aromatic N) is 1. The summed E-state index contributed by atoms with van der Waals surface area (Å²) in [6.07, 6.45) is 2.82. The van der Waals surface area contributed by atoms with Crippen LogP contribution in [0.4, 0.5) is 0 Å². The first kappa shape index (κ1) is 20.1. The van der Waals surface area contributed by atoms with Gasteiger partial charge in [-0.1, -0.05) is 31.9 Å². The highest BCUT2D eigenvalue weighted by Crippen LogP contribution is 2.43. The number of carbonyl (C=O) groups is 2. The van der Waals surface area contributed by atoms with E-state index in [0.717, 1.165) is 29.7 Å². The number of para-hydroxylation sites is 1. The van der Waals surface area contributed by atoms with Crippen molar-refractivity contribution >= 4 is 28.8 Å². The van der Waals surface area contributed by atoms with E-state index in [1.54, 1.807) is 29.2 Å². The van der Waals surface area contributed by atoms with E-state index in [4.69, 9.17) is 4.74 Å². The molecule has 1 aliphatic rings. The van der Waals surface area contributed by atoms with Crippen LogP contribution in [0, 0.1) is 6.92 Å². The Morgan fingerprint density at radius 1 is 1.21 bits per heavy atom. The molecule has 28 heavy (non-hydrogen) atoms. The molecule has 1 amide bonds. The standard InChI is InChI=1S/C22H25NO4S/c1-4-5-8-12-23-18(21-14(2)11-13-28-21)17(20(25)22(23)26)19(24)15-9-6-7-10-16(15)27-3/h6-7,9-11,13,18,24H,4-5,8,12H2,1-3H3/b19-17+. The first-order chi connectivity index (χ1) is 13.5. The van der Waals surface area contributed by atoms with Crippen molar-refractivity contribution in [2.75, 3.05) is 13.7 Å². The number of hydrogen-bond donors (Lipinski definition) is 1. The van der Waals surface area contributed by atoms with Crippen molar-refractivity contribution in [3.63, 3.8) is 0 Å². The smallest absolute Gasteiger partial charge is 0.295 e. The number of aryl methyl sites for hydroxylation is 1. The number of aliphatic hydroxyl groups excluding tert-OH is 1. The van der Waals surface area contributed by atoms with Crippen molar-refractivity contribution in [3.8, 4) is 5.75 Å². The molecule has 1 N–H and O–H groups in total. The first-order valence-electron chi connectivity index (χ1n) is 9.47. The Kier molecular flexibility index (Phi) is 6.19. The van der Waals surface area contributed by atoms with E-state index in [-0.39, 0.29) is 11.3 Å². The number of Topliss-reactive ketones (excluding diaryl/α,β-unsaturated/α-hetero) is 1. The summed E-state index contributed by atoms with van der Waals surface area (Å²) in [6.45, 7) is 4.54. The number of unbranched alkanes of at least 4 members (excludes halogenated alkanes) is 2. The zero-order chi connectivity index (χ0) is 20.3. The number of likely N-dealkylation sites (tertiary alicyclic amines) is 1. The van der Waals surface area contributed by atoms with E-state index in [1.165, 1.54) is 18.4 Å². The van der Waals surface area contributed by atoms with Gasteiger partial charge >= 0.3 is 0 Å². The minimum atomic E-state index is -0.641. The molecule has 1 unspecified atom stereocenters. The summed E-state index contributed by atoms with van der Waals surface area (Å²) < 4.78 is 5.34. The Hall–Kier alpha value is -2.60. The molecule has 0 saturated carbocycles. The number of carbonyl (C=O) groups excluding carboxylic acids is 2. The van der Waals surface area contributed by atoms with Crippen LogP contribution in [0.15, 0.2) is 41.3 Å². The number of aliphatic hydroxyl groups is 1. The molecule has 0 aliphatic carbocycles. The third kappa shape index (κ3) is 3.56. The quantitative estimate of drug-likeness (QED) is 0.318. The molecule has 5 nitrogen and oxygen atoms in total. The number of thiophene rings is 1. The summed E-state index contributed by atoms with van der Waals surface area (Å²) in [5.41, 5.74) is 1.55. The zero-order valence-corrected chi connectivity index (χ0v) is 17.2. The topological polar surface area (TPSA) is 66.8 Å². The second-order valence-electron chi connectivity index (χ2n) is 6.87. The van der Waals surface area contributed by atoms with E-state index in [0.29, 0.717) is 17.9 Å². The van der Waals surface area contributed by atoms with Crippen LogP contribution in [-0.4, -0.2) is 35.4 Å². The molecule has 1 aliphatic heterocycles. The maximum Gasteiger partial charge on any atom is 0.295 e. The monoisotopic (exact) mass is 399 g/mol. The number of ether oxygens (including phenoxy) is 1. The van der Waals surface area contributed by atoms with Crippen LogP contribution in [0.3, 0.4) is 0 Å². The van der Waals surface area contributed by atoms with Crippen molar-refractivity contribution in [1.82, 2.24) is 4.90 Å². The van der Waals surface area contributed by atoms with Crippen LogP contribution < -0.4 is 4.74 Å². The lowest BCUT2D eigenvalue weighted by molar-refractivity contribution is -0.139. The van der Waals surface area contributed by atoms with Crippen LogP contribution in [-0.2, 0) is 9.59 Å². The van der Waals surface area contributed by atoms with Gasteiger partial charge in [0.05, 0.1) is 24.3 Å². The number of benzene rings is 1. The lowest BCUT2D eigenvalue weighted by atomic mass is 9.98. The van der Waals surface area contributed by atoms with E-state index >= 15 is 0 Å². The van der Waals surface area contributed by atoms with Gasteiger partial charge < -0.3 is 14.7 Å². The molecule has 1 fully saturated rings. The number of amides is 1. The van der Waals surface area contributed by atoms with Crippen LogP contribution in [0.1, 0.15) is 48.2 Å². The predicted molar refractivity (Wildman–Crippen MR) is 111 cm³/mol. The Morgan fingerprint density at radius 3 is 2.61 bits per heavy atom. The van der Waals surface area contributed by atoms with Gasteiger partial charge in [-0.05, 0) is 42.5 Å². The van der Waals surface area contributed by atoms with Crippen molar-refractivity contribution in [3.05, 3.63) is 57.3 Å². The van der Waals surface area contributed by atoms with Gasteiger partial charge in [-0.3, -0.25) is 9.59 Å². The van der Waals surface area contributed by atoms with Crippen molar-refractivity contribution in [1.29, 1.82) is 0 Å². The van der Waals surface area contributed by atoms with Gasteiger partial charge in [0.25, 0.3) is 11.7 Å². The normalized spacial score (nSPS) is 18.7. The molecule has 2 aromatic rings. The molecule has 0 radical (unpaired) electrons. The molecule has 148 valence electrons. The molecular formula is C22H25NO4S. The molecular weight excluding hydrogens is 374 g/mol. The third-order valence-electron chi connectivity index (χ3n) is 5.05. The molecule has 6 heteroatoms. The van der Waals surface area contributed by atoms with E-state index in [9.17, 15) is 14.7 Å². The van der Waals surface area contributed by atoms with Crippen LogP contribution >= 0.6 is 11.3 Å². The van der Waals surface area contributed by atoms with Crippen molar-refractivity contribution < 1.29 is 19.4 Å². The lowest BCUT2D eigenvalue weighted by Crippen LogP contribution is -2.30. The summed E-state index contributed by atoms with van der Waals surface area (Å²) in [7, 11) is 1.51. The molecule has 1 aromatic carbocycles. The molecule has 2 heterocycles. The number of hydrogen-bond acceptors (Lipinski definition) is 5. The van der Waals surface area contributed by atoms with Crippen LogP contribution in [0.25, 0.3) is 5.76 Å². The Labute approximate surface area is 169 Å². The molecule has 0 spiro atoms. The second-order valence-corrected chi connectivity index (χ2v) is 7.82. The van der Waals surface area contributed by atoms with E-state index < -0.39 is 17.7 Å². The fraction of sp³-hybridized carbons (Fsp3) is 0.364. The number of rotatable bonds is 7. The highest BCUT2D eigenvalue weighted by Gasteiger charge is 2.46. The van der Waals surface area contributed by atoms with E-state index in [2.05, 4.69) is 6.92 Å². The summed E-state index contributed by atoms with van der Waals surface area (Å²) >= 11 is 1.50. The fourth-order valence-corrected chi connectivity index (χ4v) is 4.61. The van der Waals surface area contributed by atoms with Gasteiger partial charge in [-0.25, -0.2) is 0 Å². The second kappa shape index (κ2) is 8.61. The summed E-state index contributed by atoms with van der Waals surface area (Å²) in [6, 6.07) is 8.37. The average molecular weight is 400 g/mol. The number of ketones is 1. The van der Waals surface area contributed by atoms with Crippen LogP contribution in [0.2, 0.25) is 0 Å². The van der Waals surface area contributed by atoms with Crippen LogP contribution in [0.5, 0.6) is 5.75 Å². The first-order valence-corrected chi connectivity index (χ1v) is 10.3. The Balaban J connectivity index is 2.15. The average Bonchev–Trinajstić information content (AvgIpc) is 3.23. The highest BCUT2D eigenvalue weighted by atomic mass is 32.1. The predicted octanol–water partition coefficient (Wildman–Crippen LogP) is 4.68. The minimum Gasteiger partial charge on any atom is -0.507 e. The largest absolute Gasteiger partial charge is 0.507 e. The van der Waals surface area contributed by atoms with E-state index in [1.807, 2.05) is 18.4 Å². The molecule has 1 atom stereocenters. The van der Waals surface area contributed by atoms with Crippen molar-refractivity contribution in [2.24, 2.45) is 0 Å². The lowest BCUT2D eigenvalue weighted by Gasteiger charge is -2.25. The fourth-order valence-electron chi connectivity index (χ4n) is 3.57. The summed E-state index contributed by atoms with van der Waals surface area (Å²) in [5.74, 6) is -0.923.